The smallest absolute Gasteiger partial charge is 0.263 e. The maximum Gasteiger partial charge on any atom is 0.263 e. The first-order valence-electron chi connectivity index (χ1n) is 6.21. The number of amides is 1. The predicted molar refractivity (Wildman–Crippen MR) is 78.1 cm³/mol. The van der Waals surface area contributed by atoms with Crippen molar-refractivity contribution in [3.63, 3.8) is 0 Å². The zero-order valence-electron chi connectivity index (χ0n) is 10.7. The minimum absolute atomic E-state index is 0.0605. The van der Waals surface area contributed by atoms with Crippen LogP contribution in [0.15, 0.2) is 24.3 Å². The minimum atomic E-state index is -0.0605. The Morgan fingerprint density at radius 1 is 1.44 bits per heavy atom. The Morgan fingerprint density at radius 2 is 2.17 bits per heavy atom. The van der Waals surface area contributed by atoms with Gasteiger partial charge in [0.05, 0.1) is 5.69 Å². The Morgan fingerprint density at radius 3 is 2.83 bits per heavy atom. The largest absolute Gasteiger partial charge is 0.397 e. The summed E-state index contributed by atoms with van der Waals surface area (Å²) in [5.41, 5.74) is 6.63. The summed E-state index contributed by atoms with van der Waals surface area (Å²) in [6, 6.07) is 8.02. The van der Waals surface area contributed by atoms with Crippen LogP contribution >= 0.6 is 11.3 Å². The van der Waals surface area contributed by atoms with E-state index in [1.165, 1.54) is 11.3 Å². The molecule has 1 atom stereocenters. The molecule has 0 aliphatic carbocycles. The molecule has 1 amide bonds. The van der Waals surface area contributed by atoms with E-state index in [9.17, 15) is 4.79 Å². The van der Waals surface area contributed by atoms with Crippen LogP contribution < -0.4 is 11.1 Å². The number of hydrogen-bond donors (Lipinski definition) is 2. The number of nitrogens with two attached hydrogens (primary N) is 1. The van der Waals surface area contributed by atoms with Crippen molar-refractivity contribution in [2.24, 2.45) is 0 Å². The first-order chi connectivity index (χ1) is 8.63. The fourth-order valence-electron chi connectivity index (χ4n) is 2.03. The highest BCUT2D eigenvalue weighted by Gasteiger charge is 2.17. The molecule has 0 saturated heterocycles. The number of thiophene rings is 1. The quantitative estimate of drug-likeness (QED) is 0.887. The lowest BCUT2D eigenvalue weighted by molar-refractivity contribution is 0.0943. The van der Waals surface area contributed by atoms with E-state index in [-0.39, 0.29) is 11.9 Å². The molecule has 4 heteroatoms. The Bertz CT molecular complexity index is 562. The van der Waals surface area contributed by atoms with Gasteiger partial charge in [-0.3, -0.25) is 4.79 Å². The van der Waals surface area contributed by atoms with E-state index < -0.39 is 0 Å². The van der Waals surface area contributed by atoms with E-state index in [1.807, 2.05) is 31.2 Å². The average Bonchev–Trinajstić information content (AvgIpc) is 2.68. The summed E-state index contributed by atoms with van der Waals surface area (Å²) in [5.74, 6) is -0.0605. The number of benzene rings is 1. The fraction of sp³-hybridized carbons (Fsp3) is 0.357. The van der Waals surface area contributed by atoms with Gasteiger partial charge in [0.15, 0.2) is 0 Å². The fourth-order valence-corrected chi connectivity index (χ4v) is 3.05. The van der Waals surface area contributed by atoms with Gasteiger partial charge in [0, 0.05) is 16.1 Å². The molecular formula is C14H18N2OS. The van der Waals surface area contributed by atoms with Gasteiger partial charge < -0.3 is 11.1 Å². The molecule has 96 valence electrons. The standard InChI is InChI=1S/C14H18N2OS/c1-3-6-9(2)16-14(17)13-12(15)10-7-4-5-8-11(10)18-13/h4-5,7-9H,3,6,15H2,1-2H3,(H,16,17). The summed E-state index contributed by atoms with van der Waals surface area (Å²) < 4.78 is 1.06. The van der Waals surface area contributed by atoms with Crippen molar-refractivity contribution in [2.75, 3.05) is 5.73 Å². The summed E-state index contributed by atoms with van der Waals surface area (Å²) in [4.78, 5) is 12.8. The summed E-state index contributed by atoms with van der Waals surface area (Å²) in [6.07, 6.45) is 2.04. The highest BCUT2D eigenvalue weighted by atomic mass is 32.1. The van der Waals surface area contributed by atoms with Crippen molar-refractivity contribution in [3.8, 4) is 0 Å². The van der Waals surface area contributed by atoms with Gasteiger partial charge in [-0.05, 0) is 19.4 Å². The van der Waals surface area contributed by atoms with Crippen LogP contribution in [0.25, 0.3) is 10.1 Å². The SMILES string of the molecule is CCCC(C)NC(=O)c1sc2ccccc2c1N. The van der Waals surface area contributed by atoms with Gasteiger partial charge in [0.2, 0.25) is 0 Å². The van der Waals surface area contributed by atoms with Gasteiger partial charge in [0.25, 0.3) is 5.91 Å². The van der Waals surface area contributed by atoms with Crippen molar-refractivity contribution in [2.45, 2.75) is 32.7 Å². The molecule has 0 fully saturated rings. The molecule has 1 unspecified atom stereocenters. The number of carbonyl (C=O) groups is 1. The van der Waals surface area contributed by atoms with E-state index in [4.69, 9.17) is 5.73 Å². The van der Waals surface area contributed by atoms with E-state index >= 15 is 0 Å². The average molecular weight is 262 g/mol. The maximum absolute atomic E-state index is 12.1. The lowest BCUT2D eigenvalue weighted by Crippen LogP contribution is -2.32. The van der Waals surface area contributed by atoms with Gasteiger partial charge >= 0.3 is 0 Å². The van der Waals surface area contributed by atoms with Gasteiger partial charge in [-0.1, -0.05) is 31.5 Å². The second-order valence-corrected chi connectivity index (χ2v) is 5.56. The first-order valence-corrected chi connectivity index (χ1v) is 7.03. The summed E-state index contributed by atoms with van der Waals surface area (Å²) in [5, 5.41) is 3.96. The third-order valence-electron chi connectivity index (χ3n) is 2.94. The van der Waals surface area contributed by atoms with E-state index in [0.717, 1.165) is 22.9 Å². The zero-order chi connectivity index (χ0) is 13.1. The van der Waals surface area contributed by atoms with Crippen LogP contribution in [-0.4, -0.2) is 11.9 Å². The lowest BCUT2D eigenvalue weighted by atomic mass is 10.2. The van der Waals surface area contributed by atoms with Crippen molar-refractivity contribution < 1.29 is 4.79 Å². The molecule has 18 heavy (non-hydrogen) atoms. The van der Waals surface area contributed by atoms with Crippen LogP contribution in [0.5, 0.6) is 0 Å². The molecule has 1 heterocycles. The molecule has 0 bridgehead atoms. The Kier molecular flexibility index (Phi) is 3.87. The normalized spacial score (nSPS) is 12.6. The predicted octanol–water partition coefficient (Wildman–Crippen LogP) is 3.40. The Balaban J connectivity index is 2.25. The number of fused-ring (bicyclic) bond motifs is 1. The van der Waals surface area contributed by atoms with Crippen LogP contribution in [0.4, 0.5) is 5.69 Å². The van der Waals surface area contributed by atoms with Crippen molar-refractivity contribution >= 4 is 33.0 Å². The summed E-state index contributed by atoms with van der Waals surface area (Å²) in [6.45, 7) is 4.13. The molecular weight excluding hydrogens is 244 g/mol. The molecule has 0 aliphatic heterocycles. The number of rotatable bonds is 4. The van der Waals surface area contributed by atoms with Crippen LogP contribution in [0.2, 0.25) is 0 Å². The minimum Gasteiger partial charge on any atom is -0.397 e. The Labute approximate surface area is 111 Å². The molecule has 3 N–H and O–H groups in total. The van der Waals surface area contributed by atoms with Crippen molar-refractivity contribution in [3.05, 3.63) is 29.1 Å². The highest BCUT2D eigenvalue weighted by molar-refractivity contribution is 7.21. The molecule has 2 aromatic rings. The van der Waals surface area contributed by atoms with Gasteiger partial charge in [0.1, 0.15) is 4.88 Å². The third kappa shape index (κ3) is 2.48. The molecule has 1 aromatic carbocycles. The van der Waals surface area contributed by atoms with Crippen LogP contribution in [0.3, 0.4) is 0 Å². The van der Waals surface area contributed by atoms with Gasteiger partial charge in [-0.2, -0.15) is 0 Å². The number of carbonyl (C=O) groups excluding carboxylic acids is 1. The second kappa shape index (κ2) is 5.40. The second-order valence-electron chi connectivity index (χ2n) is 4.50. The molecule has 0 saturated carbocycles. The highest BCUT2D eigenvalue weighted by Crippen LogP contribution is 2.33. The number of anilines is 1. The first kappa shape index (κ1) is 12.9. The van der Waals surface area contributed by atoms with Crippen molar-refractivity contribution in [1.82, 2.24) is 5.32 Å². The maximum atomic E-state index is 12.1. The summed E-state index contributed by atoms with van der Waals surface area (Å²) in [7, 11) is 0. The Hall–Kier alpha value is -1.55. The third-order valence-corrected chi connectivity index (χ3v) is 4.12. The molecule has 1 aromatic heterocycles. The lowest BCUT2D eigenvalue weighted by Gasteiger charge is -2.11. The van der Waals surface area contributed by atoms with Crippen LogP contribution in [0.1, 0.15) is 36.4 Å². The molecule has 3 nitrogen and oxygen atoms in total. The van der Waals surface area contributed by atoms with E-state index in [1.54, 1.807) is 0 Å². The van der Waals surface area contributed by atoms with Gasteiger partial charge in [-0.25, -0.2) is 0 Å². The molecule has 0 radical (unpaired) electrons. The van der Waals surface area contributed by atoms with Crippen LogP contribution in [0, 0.1) is 0 Å². The molecule has 0 aliphatic rings. The number of nitrogen functional groups attached to an aromatic ring is 1. The number of hydrogen-bond acceptors (Lipinski definition) is 3. The molecule has 2 rings (SSSR count). The van der Waals surface area contributed by atoms with E-state index in [0.29, 0.717) is 10.6 Å². The topological polar surface area (TPSA) is 55.1 Å². The van der Waals surface area contributed by atoms with Crippen LogP contribution in [-0.2, 0) is 0 Å². The number of nitrogens with one attached hydrogen (secondary N) is 1. The van der Waals surface area contributed by atoms with Gasteiger partial charge in [-0.15, -0.1) is 11.3 Å². The van der Waals surface area contributed by atoms with Crippen molar-refractivity contribution in [1.29, 1.82) is 0 Å². The summed E-state index contributed by atoms with van der Waals surface area (Å²) >= 11 is 1.46. The monoisotopic (exact) mass is 262 g/mol. The van der Waals surface area contributed by atoms with E-state index in [2.05, 4.69) is 12.2 Å². The zero-order valence-corrected chi connectivity index (χ0v) is 11.5. The molecule has 0 spiro atoms.